The predicted molar refractivity (Wildman–Crippen MR) is 76.6 cm³/mol. The second-order valence-corrected chi connectivity index (χ2v) is 5.76. The minimum Gasteiger partial charge on any atom is -0.493 e. The van der Waals surface area contributed by atoms with Crippen molar-refractivity contribution in [3.8, 4) is 11.5 Å². The van der Waals surface area contributed by atoms with Gasteiger partial charge in [-0.05, 0) is 36.3 Å². The van der Waals surface area contributed by atoms with Crippen molar-refractivity contribution in [3.05, 3.63) is 23.8 Å². The molecule has 5 nitrogen and oxygen atoms in total. The Labute approximate surface area is 121 Å². The zero-order chi connectivity index (χ0) is 14.5. The van der Waals surface area contributed by atoms with Crippen LogP contribution in [0.1, 0.15) is 24.5 Å². The number of hydrogen-bond acceptors (Lipinski definition) is 5. The molecule has 1 aromatic rings. The number of rotatable bonds is 5. The molecular weight excluding hydrogens is 280 g/mol. The van der Waals surface area contributed by atoms with Gasteiger partial charge in [0.2, 0.25) is 0 Å². The first-order valence-corrected chi connectivity index (χ1v) is 7.60. The van der Waals surface area contributed by atoms with Crippen molar-refractivity contribution >= 4 is 17.7 Å². The first-order chi connectivity index (χ1) is 9.61. The first kappa shape index (κ1) is 15.0. The zero-order valence-electron chi connectivity index (χ0n) is 11.2. The van der Waals surface area contributed by atoms with Crippen molar-refractivity contribution < 1.29 is 24.5 Å². The molecule has 1 aliphatic heterocycles. The number of benzene rings is 1. The minimum atomic E-state index is -1.55. The number of carbonyl (C=O) groups is 1. The van der Waals surface area contributed by atoms with E-state index in [-0.39, 0.29) is 11.7 Å². The molecule has 110 valence electrons. The third-order valence-electron chi connectivity index (χ3n) is 3.15. The van der Waals surface area contributed by atoms with E-state index in [0.717, 1.165) is 24.3 Å². The molecule has 2 rings (SSSR count). The standard InChI is InChI=1S/C14H18O5S/c1-18-11-5-4-9(13(15)14(16)17)7-12(11)19-10-3-2-6-20-8-10/h4-5,7,10,13,15H,2-3,6,8H2,1H3,(H,16,17). The summed E-state index contributed by atoms with van der Waals surface area (Å²) in [6.07, 6.45) is 0.626. The molecule has 1 aliphatic rings. The summed E-state index contributed by atoms with van der Waals surface area (Å²) in [6.45, 7) is 0. The lowest BCUT2D eigenvalue weighted by molar-refractivity contribution is -0.146. The number of carboxylic acid groups (broad SMARTS) is 1. The van der Waals surface area contributed by atoms with Crippen LogP contribution in [0.25, 0.3) is 0 Å². The number of carboxylic acids is 1. The van der Waals surface area contributed by atoms with Gasteiger partial charge in [0.15, 0.2) is 17.6 Å². The SMILES string of the molecule is COc1ccc(C(O)C(=O)O)cc1OC1CCCSC1. The van der Waals surface area contributed by atoms with Crippen molar-refractivity contribution in [3.63, 3.8) is 0 Å². The lowest BCUT2D eigenvalue weighted by Crippen LogP contribution is -2.23. The lowest BCUT2D eigenvalue weighted by Gasteiger charge is -2.24. The van der Waals surface area contributed by atoms with Crippen LogP contribution in [0, 0.1) is 0 Å². The molecule has 0 spiro atoms. The summed E-state index contributed by atoms with van der Waals surface area (Å²) in [5, 5.41) is 18.4. The molecule has 0 saturated carbocycles. The topological polar surface area (TPSA) is 76.0 Å². The Hall–Kier alpha value is -1.40. The predicted octanol–water partition coefficient (Wildman–Crippen LogP) is 2.09. The second kappa shape index (κ2) is 6.85. The number of aliphatic hydroxyl groups excluding tert-OH is 1. The van der Waals surface area contributed by atoms with E-state index in [1.54, 1.807) is 6.07 Å². The van der Waals surface area contributed by atoms with Crippen LogP contribution in [0.5, 0.6) is 11.5 Å². The highest BCUT2D eigenvalue weighted by Crippen LogP contribution is 2.33. The van der Waals surface area contributed by atoms with Crippen molar-refractivity contribution in [2.24, 2.45) is 0 Å². The van der Waals surface area contributed by atoms with E-state index < -0.39 is 12.1 Å². The molecule has 20 heavy (non-hydrogen) atoms. The van der Waals surface area contributed by atoms with E-state index in [1.165, 1.54) is 19.2 Å². The van der Waals surface area contributed by atoms with E-state index in [1.807, 2.05) is 11.8 Å². The molecule has 1 heterocycles. The van der Waals surface area contributed by atoms with Crippen LogP contribution < -0.4 is 9.47 Å². The smallest absolute Gasteiger partial charge is 0.337 e. The van der Waals surface area contributed by atoms with E-state index >= 15 is 0 Å². The van der Waals surface area contributed by atoms with Crippen molar-refractivity contribution in [2.75, 3.05) is 18.6 Å². The van der Waals surface area contributed by atoms with Gasteiger partial charge in [0.25, 0.3) is 0 Å². The maximum atomic E-state index is 10.8. The highest BCUT2D eigenvalue weighted by atomic mass is 32.2. The molecule has 2 unspecified atom stereocenters. The number of ether oxygens (including phenoxy) is 2. The number of aliphatic carboxylic acids is 1. The highest BCUT2D eigenvalue weighted by Gasteiger charge is 2.21. The Bertz CT molecular complexity index is 471. The van der Waals surface area contributed by atoms with Gasteiger partial charge in [-0.25, -0.2) is 4.79 Å². The Balaban J connectivity index is 2.19. The molecule has 2 N–H and O–H groups in total. The summed E-state index contributed by atoms with van der Waals surface area (Å²) in [7, 11) is 1.53. The van der Waals surface area contributed by atoms with Crippen LogP contribution in [-0.4, -0.2) is 40.9 Å². The quantitative estimate of drug-likeness (QED) is 0.867. The third-order valence-corrected chi connectivity index (χ3v) is 4.33. The maximum absolute atomic E-state index is 10.8. The van der Waals surface area contributed by atoms with E-state index in [9.17, 15) is 9.90 Å². The van der Waals surface area contributed by atoms with Crippen molar-refractivity contribution in [1.82, 2.24) is 0 Å². The fraction of sp³-hybridized carbons (Fsp3) is 0.500. The van der Waals surface area contributed by atoms with Gasteiger partial charge in [0.1, 0.15) is 6.10 Å². The first-order valence-electron chi connectivity index (χ1n) is 6.45. The van der Waals surface area contributed by atoms with Gasteiger partial charge in [0, 0.05) is 5.75 Å². The Kier molecular flexibility index (Phi) is 5.14. The largest absolute Gasteiger partial charge is 0.493 e. The molecule has 0 aliphatic carbocycles. The summed E-state index contributed by atoms with van der Waals surface area (Å²) in [4.78, 5) is 10.8. The van der Waals surface area contributed by atoms with Crippen LogP contribution in [0.3, 0.4) is 0 Å². The molecule has 0 aromatic heterocycles. The monoisotopic (exact) mass is 298 g/mol. The molecule has 1 fully saturated rings. The van der Waals surface area contributed by atoms with Crippen LogP contribution >= 0.6 is 11.8 Å². The molecular formula is C14H18O5S. The molecule has 0 amide bonds. The lowest BCUT2D eigenvalue weighted by atomic mass is 10.1. The second-order valence-electron chi connectivity index (χ2n) is 4.61. The molecule has 1 saturated heterocycles. The summed E-state index contributed by atoms with van der Waals surface area (Å²) >= 11 is 1.84. The average molecular weight is 298 g/mol. The van der Waals surface area contributed by atoms with E-state index in [2.05, 4.69) is 0 Å². The van der Waals surface area contributed by atoms with Gasteiger partial charge in [0.05, 0.1) is 7.11 Å². The van der Waals surface area contributed by atoms with Gasteiger partial charge < -0.3 is 19.7 Å². The molecule has 1 aromatic carbocycles. The fourth-order valence-electron chi connectivity index (χ4n) is 2.08. The number of hydrogen-bond donors (Lipinski definition) is 2. The number of thioether (sulfide) groups is 1. The third kappa shape index (κ3) is 3.58. The van der Waals surface area contributed by atoms with Gasteiger partial charge in [-0.1, -0.05) is 6.07 Å². The molecule has 0 bridgehead atoms. The van der Waals surface area contributed by atoms with E-state index in [0.29, 0.717) is 11.5 Å². The molecule has 0 radical (unpaired) electrons. The van der Waals surface area contributed by atoms with Gasteiger partial charge in [-0.2, -0.15) is 11.8 Å². The fourth-order valence-corrected chi connectivity index (χ4v) is 3.12. The molecule has 6 heteroatoms. The summed E-state index contributed by atoms with van der Waals surface area (Å²) < 4.78 is 11.1. The Morgan fingerprint density at radius 2 is 2.25 bits per heavy atom. The van der Waals surface area contributed by atoms with Crippen molar-refractivity contribution in [2.45, 2.75) is 25.0 Å². The zero-order valence-corrected chi connectivity index (χ0v) is 12.1. The van der Waals surface area contributed by atoms with Gasteiger partial charge in [-0.15, -0.1) is 0 Å². The summed E-state index contributed by atoms with van der Waals surface area (Å²) in [5.74, 6) is 1.80. The summed E-state index contributed by atoms with van der Waals surface area (Å²) in [5.41, 5.74) is 0.289. The van der Waals surface area contributed by atoms with Crippen LogP contribution in [-0.2, 0) is 4.79 Å². The maximum Gasteiger partial charge on any atom is 0.337 e. The molecule has 2 atom stereocenters. The van der Waals surface area contributed by atoms with Crippen molar-refractivity contribution in [1.29, 1.82) is 0 Å². The minimum absolute atomic E-state index is 0.0971. The number of methoxy groups -OCH3 is 1. The van der Waals surface area contributed by atoms with Crippen LogP contribution in [0.4, 0.5) is 0 Å². The van der Waals surface area contributed by atoms with Gasteiger partial charge in [-0.3, -0.25) is 0 Å². The van der Waals surface area contributed by atoms with Crippen LogP contribution in [0.2, 0.25) is 0 Å². The Morgan fingerprint density at radius 1 is 1.45 bits per heavy atom. The van der Waals surface area contributed by atoms with E-state index in [4.69, 9.17) is 14.6 Å². The Morgan fingerprint density at radius 3 is 2.85 bits per heavy atom. The average Bonchev–Trinajstić information content (AvgIpc) is 2.47. The normalized spacial score (nSPS) is 20.2. The summed E-state index contributed by atoms with van der Waals surface area (Å²) in [6, 6.07) is 4.68. The van der Waals surface area contributed by atoms with Gasteiger partial charge >= 0.3 is 5.97 Å². The highest BCUT2D eigenvalue weighted by molar-refractivity contribution is 7.99. The van der Waals surface area contributed by atoms with Crippen LogP contribution in [0.15, 0.2) is 18.2 Å². The number of aliphatic hydroxyl groups is 1.